The number of hydrogen-bond acceptors (Lipinski definition) is 4. The molecule has 0 saturated heterocycles. The average molecular weight is 228 g/mol. The van der Waals surface area contributed by atoms with Gasteiger partial charge in [-0.3, -0.25) is 0 Å². The first-order valence-electron chi connectivity index (χ1n) is 4.99. The molecule has 4 nitrogen and oxygen atoms in total. The van der Waals surface area contributed by atoms with Gasteiger partial charge in [-0.2, -0.15) is 0 Å². The molecule has 1 fully saturated rings. The smallest absolute Gasteiger partial charge is 0.129 e. The molecule has 1 aromatic rings. The Balaban J connectivity index is 2.02. The van der Waals surface area contributed by atoms with E-state index in [1.807, 2.05) is 0 Å². The molecule has 15 heavy (non-hydrogen) atoms. The van der Waals surface area contributed by atoms with Crippen LogP contribution in [-0.2, 0) is 0 Å². The summed E-state index contributed by atoms with van der Waals surface area (Å²) in [6, 6.07) is 2.22. The number of nitrogens with two attached hydrogens (primary N) is 1. The van der Waals surface area contributed by atoms with E-state index in [4.69, 9.17) is 17.3 Å². The highest BCUT2D eigenvalue weighted by Crippen LogP contribution is 2.23. The van der Waals surface area contributed by atoms with Gasteiger partial charge in [0.2, 0.25) is 0 Å². The van der Waals surface area contributed by atoms with Gasteiger partial charge in [-0.1, -0.05) is 11.6 Å². The second-order valence-corrected chi connectivity index (χ2v) is 4.26. The molecule has 1 atom stereocenters. The Kier molecular flexibility index (Phi) is 3.09. The lowest BCUT2D eigenvalue weighted by molar-refractivity contribution is 0.174. The molecule has 1 aromatic heterocycles. The summed E-state index contributed by atoms with van der Waals surface area (Å²) in [4.78, 5) is 3.90. The van der Waals surface area contributed by atoms with E-state index in [0.717, 1.165) is 0 Å². The van der Waals surface area contributed by atoms with Crippen LogP contribution in [0.3, 0.4) is 0 Å². The number of hydrogen-bond donors (Lipinski definition) is 3. The molecule has 1 heterocycles. The predicted octanol–water partition coefficient (Wildman–Crippen LogP) is 1.10. The van der Waals surface area contributed by atoms with Gasteiger partial charge in [0.25, 0.3) is 0 Å². The van der Waals surface area contributed by atoms with Crippen molar-refractivity contribution in [2.45, 2.75) is 25.0 Å². The maximum Gasteiger partial charge on any atom is 0.129 e. The Hall–Kier alpha value is -0.840. The van der Waals surface area contributed by atoms with Crippen LogP contribution in [-0.4, -0.2) is 22.7 Å². The second kappa shape index (κ2) is 4.35. The van der Waals surface area contributed by atoms with Crippen LogP contribution in [0.25, 0.3) is 0 Å². The molecule has 1 aliphatic carbocycles. The minimum Gasteiger partial charge on any atom is -0.387 e. The zero-order valence-electron chi connectivity index (χ0n) is 8.28. The van der Waals surface area contributed by atoms with Crippen molar-refractivity contribution in [1.29, 1.82) is 0 Å². The Morgan fingerprint density at radius 2 is 2.40 bits per heavy atom. The summed E-state index contributed by atoms with van der Waals surface area (Å²) < 4.78 is 0. The number of aromatic nitrogens is 1. The number of nitrogens with zero attached hydrogens (tertiary/aromatic N) is 1. The number of aliphatic hydroxyl groups excluding tert-OH is 1. The highest BCUT2D eigenvalue weighted by Gasteiger charge is 2.22. The average Bonchev–Trinajstić information content (AvgIpc) is 3.02. The predicted molar refractivity (Wildman–Crippen MR) is 59.6 cm³/mol. The van der Waals surface area contributed by atoms with Gasteiger partial charge < -0.3 is 16.2 Å². The maximum atomic E-state index is 9.86. The van der Waals surface area contributed by atoms with Crippen LogP contribution in [0.2, 0.25) is 5.02 Å². The van der Waals surface area contributed by atoms with E-state index in [1.54, 1.807) is 6.07 Å². The lowest BCUT2D eigenvalue weighted by atomic mass is 10.1. The van der Waals surface area contributed by atoms with Gasteiger partial charge in [0.1, 0.15) is 5.82 Å². The lowest BCUT2D eigenvalue weighted by Gasteiger charge is -2.13. The first-order chi connectivity index (χ1) is 7.16. The summed E-state index contributed by atoms with van der Waals surface area (Å²) in [5.41, 5.74) is 6.25. The summed E-state index contributed by atoms with van der Waals surface area (Å²) in [7, 11) is 0. The Morgan fingerprint density at radius 3 is 3.07 bits per heavy atom. The van der Waals surface area contributed by atoms with Gasteiger partial charge in [-0.15, -0.1) is 0 Å². The quantitative estimate of drug-likeness (QED) is 0.721. The van der Waals surface area contributed by atoms with E-state index in [9.17, 15) is 5.11 Å². The van der Waals surface area contributed by atoms with Gasteiger partial charge in [-0.05, 0) is 18.9 Å². The van der Waals surface area contributed by atoms with Crippen molar-refractivity contribution >= 4 is 17.4 Å². The van der Waals surface area contributed by atoms with Crippen molar-refractivity contribution in [3.8, 4) is 0 Å². The molecule has 2 rings (SSSR count). The van der Waals surface area contributed by atoms with Gasteiger partial charge in [0, 0.05) is 24.3 Å². The van der Waals surface area contributed by atoms with E-state index < -0.39 is 6.10 Å². The molecule has 4 N–H and O–H groups in total. The minimum atomic E-state index is -0.642. The maximum absolute atomic E-state index is 9.86. The number of halogens is 1. The van der Waals surface area contributed by atoms with Crippen LogP contribution in [0.5, 0.6) is 0 Å². The van der Waals surface area contributed by atoms with Gasteiger partial charge >= 0.3 is 0 Å². The largest absolute Gasteiger partial charge is 0.387 e. The van der Waals surface area contributed by atoms with Crippen molar-refractivity contribution in [2.75, 3.05) is 12.3 Å². The first-order valence-corrected chi connectivity index (χ1v) is 5.37. The third-order valence-electron chi connectivity index (χ3n) is 2.45. The summed E-state index contributed by atoms with van der Waals surface area (Å²) in [6.45, 7) is 0.497. The molecule has 82 valence electrons. The SMILES string of the molecule is Nc1ncc(Cl)cc1C(O)CNC1CC1. The Bertz CT molecular complexity index is 355. The van der Waals surface area contributed by atoms with Crippen molar-refractivity contribution in [1.82, 2.24) is 10.3 Å². The number of aliphatic hydroxyl groups is 1. The molecule has 0 radical (unpaired) electrons. The summed E-state index contributed by atoms with van der Waals surface area (Å²) >= 11 is 5.79. The fourth-order valence-electron chi connectivity index (χ4n) is 1.41. The number of nitrogen functional groups attached to an aromatic ring is 1. The van der Waals surface area contributed by atoms with E-state index in [2.05, 4.69) is 10.3 Å². The highest BCUT2D eigenvalue weighted by molar-refractivity contribution is 6.30. The molecule has 1 aliphatic rings. The Morgan fingerprint density at radius 1 is 1.67 bits per heavy atom. The van der Waals surface area contributed by atoms with E-state index in [0.29, 0.717) is 29.0 Å². The molecular weight excluding hydrogens is 214 g/mol. The van der Waals surface area contributed by atoms with Crippen molar-refractivity contribution in [3.05, 3.63) is 22.8 Å². The summed E-state index contributed by atoms with van der Waals surface area (Å²) in [5, 5.41) is 13.6. The van der Waals surface area contributed by atoms with E-state index in [1.165, 1.54) is 19.0 Å². The van der Waals surface area contributed by atoms with Crippen molar-refractivity contribution < 1.29 is 5.11 Å². The zero-order chi connectivity index (χ0) is 10.8. The van der Waals surface area contributed by atoms with E-state index in [-0.39, 0.29) is 0 Å². The number of anilines is 1. The van der Waals surface area contributed by atoms with Crippen LogP contribution in [0, 0.1) is 0 Å². The van der Waals surface area contributed by atoms with Crippen molar-refractivity contribution in [3.63, 3.8) is 0 Å². The van der Waals surface area contributed by atoms with Crippen molar-refractivity contribution in [2.24, 2.45) is 0 Å². The van der Waals surface area contributed by atoms with Crippen LogP contribution in [0.4, 0.5) is 5.82 Å². The summed E-state index contributed by atoms with van der Waals surface area (Å²) in [6.07, 6.45) is 3.21. The third kappa shape index (κ3) is 2.81. The third-order valence-corrected chi connectivity index (χ3v) is 2.66. The van der Waals surface area contributed by atoms with Crippen LogP contribution in [0.1, 0.15) is 24.5 Å². The molecule has 0 bridgehead atoms. The fourth-order valence-corrected chi connectivity index (χ4v) is 1.57. The minimum absolute atomic E-state index is 0.337. The standard InChI is InChI=1S/C10H14ClN3O/c11-6-3-8(10(12)14-4-6)9(15)5-13-7-1-2-7/h3-4,7,9,13,15H,1-2,5H2,(H2,12,14). The topological polar surface area (TPSA) is 71.2 Å². The fraction of sp³-hybridized carbons (Fsp3) is 0.500. The molecule has 0 aliphatic heterocycles. The molecule has 0 amide bonds. The molecular formula is C10H14ClN3O. The molecule has 5 heteroatoms. The van der Waals surface area contributed by atoms with E-state index >= 15 is 0 Å². The number of nitrogens with one attached hydrogen (secondary N) is 1. The molecule has 1 unspecified atom stereocenters. The summed E-state index contributed by atoms with van der Waals surface area (Å²) in [5.74, 6) is 0.337. The second-order valence-electron chi connectivity index (χ2n) is 3.83. The monoisotopic (exact) mass is 227 g/mol. The van der Waals surface area contributed by atoms with Gasteiger partial charge in [0.05, 0.1) is 11.1 Å². The number of pyridine rings is 1. The normalized spacial score (nSPS) is 17.7. The highest BCUT2D eigenvalue weighted by atomic mass is 35.5. The van der Waals surface area contributed by atoms with Crippen LogP contribution in [0.15, 0.2) is 12.3 Å². The van der Waals surface area contributed by atoms with Crippen LogP contribution >= 0.6 is 11.6 Å². The molecule has 1 saturated carbocycles. The first kappa shape index (κ1) is 10.7. The molecule has 0 spiro atoms. The Labute approximate surface area is 93.5 Å². The number of rotatable bonds is 4. The lowest BCUT2D eigenvalue weighted by Crippen LogP contribution is -2.24. The molecule has 0 aromatic carbocycles. The van der Waals surface area contributed by atoms with Gasteiger partial charge in [0.15, 0.2) is 0 Å². The van der Waals surface area contributed by atoms with Crippen LogP contribution < -0.4 is 11.1 Å². The zero-order valence-corrected chi connectivity index (χ0v) is 9.04. The van der Waals surface area contributed by atoms with Gasteiger partial charge in [-0.25, -0.2) is 4.98 Å².